The van der Waals surface area contributed by atoms with E-state index in [-0.39, 0.29) is 21.4 Å². The summed E-state index contributed by atoms with van der Waals surface area (Å²) in [5.41, 5.74) is -0.685. The topological polar surface area (TPSA) is 106 Å². The fraction of sp³-hybridized carbons (Fsp3) is 0.235. The molecule has 3 rings (SSSR count). The van der Waals surface area contributed by atoms with E-state index in [2.05, 4.69) is 5.32 Å². The molecular weight excluding hydrogens is 415 g/mol. The summed E-state index contributed by atoms with van der Waals surface area (Å²) in [6, 6.07) is 10.2. The number of rotatable bonds is 5. The number of hydrogen-bond acceptors (Lipinski definition) is 5. The molecule has 2 aromatic carbocycles. The van der Waals surface area contributed by atoms with Gasteiger partial charge in [-0.25, -0.2) is 8.42 Å². The monoisotopic (exact) mass is 428 g/mol. The molecule has 1 aliphatic rings. The molecule has 142 valence electrons. The van der Waals surface area contributed by atoms with Gasteiger partial charge in [0.05, 0.1) is 20.1 Å². The number of nitrogens with one attached hydrogen (secondary N) is 1. The molecule has 0 aromatic heterocycles. The third-order valence-corrected chi connectivity index (χ3v) is 7.43. The second kappa shape index (κ2) is 6.47. The first kappa shape index (κ1) is 19.6. The average molecular weight is 429 g/mol. The zero-order valence-electron chi connectivity index (χ0n) is 14.0. The fourth-order valence-electron chi connectivity index (χ4n) is 2.52. The van der Waals surface area contributed by atoms with Gasteiger partial charge in [0, 0.05) is 17.8 Å². The summed E-state index contributed by atoms with van der Waals surface area (Å²) in [6.45, 7) is 1.65. The first-order chi connectivity index (χ1) is 12.5. The summed E-state index contributed by atoms with van der Waals surface area (Å²) in [5.74, 6) is -0.349. The Morgan fingerprint density at radius 2 is 1.52 bits per heavy atom. The number of benzene rings is 2. The van der Waals surface area contributed by atoms with Gasteiger partial charge >= 0.3 is 0 Å². The summed E-state index contributed by atoms with van der Waals surface area (Å²) in [5, 5.41) is 13.3. The van der Waals surface area contributed by atoms with Crippen molar-refractivity contribution < 1.29 is 18.1 Å². The molecule has 0 radical (unpaired) electrons. The van der Waals surface area contributed by atoms with Crippen LogP contribution in [0.1, 0.15) is 13.3 Å². The number of amides is 1. The third-order valence-electron chi connectivity index (χ3n) is 4.54. The molecule has 1 aliphatic carbocycles. The van der Waals surface area contributed by atoms with Crippen LogP contribution in [0.2, 0.25) is 0 Å². The van der Waals surface area contributed by atoms with E-state index in [4.69, 9.17) is 23.2 Å². The van der Waals surface area contributed by atoms with E-state index < -0.39 is 24.5 Å². The van der Waals surface area contributed by atoms with Crippen molar-refractivity contribution in [3.63, 3.8) is 0 Å². The van der Waals surface area contributed by atoms with E-state index in [1.807, 2.05) is 0 Å². The number of hydrogen-bond donors (Lipinski definition) is 1. The van der Waals surface area contributed by atoms with Crippen LogP contribution >= 0.6 is 23.2 Å². The minimum absolute atomic E-state index is 0.00369. The molecule has 1 amide bonds. The number of nitro benzene ring substituents is 1. The lowest BCUT2D eigenvalue weighted by Crippen LogP contribution is -2.25. The number of carbonyl (C=O) groups excluding carboxylic acids is 1. The molecule has 1 saturated carbocycles. The van der Waals surface area contributed by atoms with Crippen LogP contribution in [0.15, 0.2) is 58.3 Å². The van der Waals surface area contributed by atoms with Crippen LogP contribution in [-0.2, 0) is 14.6 Å². The molecule has 10 heteroatoms. The number of sulfone groups is 1. The van der Waals surface area contributed by atoms with Crippen LogP contribution in [0.25, 0.3) is 0 Å². The largest absolute Gasteiger partial charge is 0.326 e. The van der Waals surface area contributed by atoms with Crippen LogP contribution < -0.4 is 5.32 Å². The Labute approximate surface area is 165 Å². The number of carbonyl (C=O) groups is 1. The summed E-state index contributed by atoms with van der Waals surface area (Å²) >= 11 is 12.0. The van der Waals surface area contributed by atoms with E-state index in [0.29, 0.717) is 12.1 Å². The van der Waals surface area contributed by atoms with Gasteiger partial charge < -0.3 is 5.32 Å². The number of halogens is 2. The number of nitro groups is 1. The van der Waals surface area contributed by atoms with Crippen LogP contribution in [0.5, 0.6) is 0 Å². The van der Waals surface area contributed by atoms with Crippen molar-refractivity contribution in [3.8, 4) is 0 Å². The second-order valence-corrected chi connectivity index (χ2v) is 9.88. The van der Waals surface area contributed by atoms with Gasteiger partial charge in [0.15, 0.2) is 0 Å². The Morgan fingerprint density at radius 3 is 1.93 bits per heavy atom. The predicted octanol–water partition coefficient (Wildman–Crippen LogP) is 3.95. The number of alkyl halides is 2. The van der Waals surface area contributed by atoms with E-state index in [9.17, 15) is 23.3 Å². The van der Waals surface area contributed by atoms with E-state index in [1.54, 1.807) is 6.92 Å². The number of non-ortho nitro benzene ring substituents is 1. The predicted molar refractivity (Wildman–Crippen MR) is 101 cm³/mol. The van der Waals surface area contributed by atoms with Gasteiger partial charge in [0.2, 0.25) is 15.7 Å². The molecule has 1 atom stereocenters. The molecule has 27 heavy (non-hydrogen) atoms. The smallest absolute Gasteiger partial charge is 0.269 e. The lowest BCUT2D eigenvalue weighted by atomic mass is 10.1. The van der Waals surface area contributed by atoms with Gasteiger partial charge in [-0.1, -0.05) is 0 Å². The van der Waals surface area contributed by atoms with E-state index in [0.717, 1.165) is 12.1 Å². The van der Waals surface area contributed by atoms with Crippen molar-refractivity contribution in [2.75, 3.05) is 5.32 Å². The fourth-order valence-corrected chi connectivity index (χ4v) is 4.48. The van der Waals surface area contributed by atoms with Crippen molar-refractivity contribution in [3.05, 3.63) is 58.6 Å². The van der Waals surface area contributed by atoms with Gasteiger partial charge in [0.1, 0.15) is 4.33 Å². The van der Waals surface area contributed by atoms with Gasteiger partial charge in [-0.3, -0.25) is 14.9 Å². The van der Waals surface area contributed by atoms with Crippen molar-refractivity contribution in [1.82, 2.24) is 0 Å². The van der Waals surface area contributed by atoms with Gasteiger partial charge in [-0.15, -0.1) is 23.2 Å². The van der Waals surface area contributed by atoms with Crippen molar-refractivity contribution in [2.24, 2.45) is 5.41 Å². The summed E-state index contributed by atoms with van der Waals surface area (Å²) in [6.07, 6.45) is 0.335. The van der Waals surface area contributed by atoms with E-state index in [1.165, 1.54) is 36.4 Å². The standard InChI is InChI=1S/C17H14Cl2N2O5S/c1-16(10-17(16,18)19)15(22)20-11-2-6-13(7-3-11)27(25,26)14-8-4-12(5-9-14)21(23)24/h2-9H,10H2,1H3,(H,20,22)/t16-/m0/s1. The molecule has 7 nitrogen and oxygen atoms in total. The lowest BCUT2D eigenvalue weighted by Gasteiger charge is -2.13. The quantitative estimate of drug-likeness (QED) is 0.440. The van der Waals surface area contributed by atoms with E-state index >= 15 is 0 Å². The van der Waals surface area contributed by atoms with Gasteiger partial charge in [0.25, 0.3) is 5.69 Å². The molecule has 0 heterocycles. The van der Waals surface area contributed by atoms with Crippen LogP contribution in [0, 0.1) is 15.5 Å². The highest BCUT2D eigenvalue weighted by Gasteiger charge is 2.67. The highest BCUT2D eigenvalue weighted by Crippen LogP contribution is 2.64. The minimum atomic E-state index is -3.84. The first-order valence-corrected chi connectivity index (χ1v) is 10.0. The molecule has 0 spiro atoms. The molecular formula is C17H14Cl2N2O5S. The van der Waals surface area contributed by atoms with Crippen molar-refractivity contribution in [1.29, 1.82) is 0 Å². The molecule has 2 aromatic rings. The average Bonchev–Trinajstić information content (AvgIpc) is 3.15. The molecule has 0 unspecified atom stereocenters. The van der Waals surface area contributed by atoms with Gasteiger partial charge in [-0.05, 0) is 49.7 Å². The van der Waals surface area contributed by atoms with Crippen molar-refractivity contribution in [2.45, 2.75) is 27.5 Å². The molecule has 1 N–H and O–H groups in total. The Morgan fingerprint density at radius 1 is 1.07 bits per heavy atom. The summed E-state index contributed by atoms with van der Waals surface area (Å²) in [7, 11) is -3.84. The maximum atomic E-state index is 12.6. The SMILES string of the molecule is C[C@@]1(C(=O)Nc2ccc(S(=O)(=O)c3ccc([N+](=O)[O-])cc3)cc2)CC1(Cl)Cl. The van der Waals surface area contributed by atoms with Crippen LogP contribution in [0.3, 0.4) is 0 Å². The number of nitrogens with zero attached hydrogens (tertiary/aromatic N) is 1. The van der Waals surface area contributed by atoms with Crippen molar-refractivity contribution >= 4 is 50.3 Å². The Bertz CT molecular complexity index is 1020. The van der Waals surface area contributed by atoms with Crippen LogP contribution in [-0.4, -0.2) is 23.6 Å². The Balaban J connectivity index is 1.78. The Hall–Kier alpha value is -2.16. The summed E-state index contributed by atoms with van der Waals surface area (Å²) in [4.78, 5) is 22.3. The molecule has 0 saturated heterocycles. The highest BCUT2D eigenvalue weighted by molar-refractivity contribution is 7.91. The normalized spacial score (nSPS) is 20.7. The lowest BCUT2D eigenvalue weighted by molar-refractivity contribution is -0.384. The third kappa shape index (κ3) is 3.52. The molecule has 0 aliphatic heterocycles. The second-order valence-electron chi connectivity index (χ2n) is 6.45. The summed E-state index contributed by atoms with van der Waals surface area (Å²) < 4.78 is 24.1. The zero-order chi connectivity index (χ0) is 20.0. The van der Waals surface area contributed by atoms with Crippen LogP contribution in [0.4, 0.5) is 11.4 Å². The highest BCUT2D eigenvalue weighted by atomic mass is 35.5. The molecule has 1 fully saturated rings. The minimum Gasteiger partial charge on any atom is -0.326 e. The maximum absolute atomic E-state index is 12.6. The maximum Gasteiger partial charge on any atom is 0.269 e. The number of anilines is 1. The first-order valence-electron chi connectivity index (χ1n) is 7.76. The molecule has 0 bridgehead atoms. The zero-order valence-corrected chi connectivity index (χ0v) is 16.3. The van der Waals surface area contributed by atoms with Gasteiger partial charge in [-0.2, -0.15) is 0 Å². The Kier molecular flexibility index (Phi) is 4.70.